The lowest BCUT2D eigenvalue weighted by molar-refractivity contribution is -0.0620. The first kappa shape index (κ1) is 23.0. The normalized spacial score (nSPS) is 30.2. The summed E-state index contributed by atoms with van der Waals surface area (Å²) in [5.74, 6) is 0.588. The summed E-state index contributed by atoms with van der Waals surface area (Å²) in [4.78, 5) is 14.5. The smallest absolute Gasteiger partial charge is 0.410 e. The molecule has 1 heterocycles. The second-order valence-corrected chi connectivity index (χ2v) is 9.90. The molecule has 1 aromatic carbocycles. The van der Waals surface area contributed by atoms with Crippen molar-refractivity contribution in [2.24, 2.45) is 5.73 Å². The van der Waals surface area contributed by atoms with Gasteiger partial charge in [-0.3, -0.25) is 0 Å². The molecule has 1 saturated carbocycles. The van der Waals surface area contributed by atoms with E-state index in [0.717, 1.165) is 32.1 Å². The molecule has 3 N–H and O–H groups in total. The van der Waals surface area contributed by atoms with Gasteiger partial charge in [0.25, 0.3) is 0 Å². The van der Waals surface area contributed by atoms with Crippen molar-refractivity contribution in [3.8, 4) is 0 Å². The van der Waals surface area contributed by atoms with Crippen molar-refractivity contribution in [2.45, 2.75) is 88.5 Å². The van der Waals surface area contributed by atoms with Crippen molar-refractivity contribution >= 4 is 6.09 Å². The number of amides is 1. The van der Waals surface area contributed by atoms with Crippen molar-refractivity contribution in [3.05, 3.63) is 35.9 Å². The Labute approximate surface area is 180 Å². The molecule has 1 saturated heterocycles. The van der Waals surface area contributed by atoms with Gasteiger partial charge in [0.1, 0.15) is 5.60 Å². The van der Waals surface area contributed by atoms with Crippen LogP contribution in [0.4, 0.5) is 4.79 Å². The van der Waals surface area contributed by atoms with E-state index in [0.29, 0.717) is 25.5 Å². The number of nitrogens with two attached hydrogens (primary N) is 1. The van der Waals surface area contributed by atoms with Gasteiger partial charge in [-0.05, 0) is 70.8 Å². The maximum atomic E-state index is 12.8. The SMILES string of the molecule is CC(C)(C)OC(=O)N1CCC[C@@](N)(CO)[C@@H]1CO[C@H]1CC[C@@H](c2ccccc2)CC1. The number of carbonyl (C=O) groups excluding carboxylic acids is 1. The summed E-state index contributed by atoms with van der Waals surface area (Å²) in [6.45, 7) is 6.29. The summed E-state index contributed by atoms with van der Waals surface area (Å²) in [6, 6.07) is 10.3. The maximum Gasteiger partial charge on any atom is 0.410 e. The molecule has 1 amide bonds. The summed E-state index contributed by atoms with van der Waals surface area (Å²) >= 11 is 0. The molecule has 6 heteroatoms. The van der Waals surface area contributed by atoms with Crippen molar-refractivity contribution in [2.75, 3.05) is 19.8 Å². The first-order valence-corrected chi connectivity index (χ1v) is 11.3. The summed E-state index contributed by atoms with van der Waals surface area (Å²) in [5.41, 5.74) is 6.49. The van der Waals surface area contributed by atoms with Crippen molar-refractivity contribution in [1.82, 2.24) is 4.90 Å². The first-order chi connectivity index (χ1) is 14.2. The van der Waals surface area contributed by atoms with Gasteiger partial charge in [0.15, 0.2) is 0 Å². The molecule has 0 unspecified atom stereocenters. The third kappa shape index (κ3) is 5.74. The van der Waals surface area contributed by atoms with E-state index in [1.54, 1.807) is 4.90 Å². The van der Waals surface area contributed by atoms with Crippen molar-refractivity contribution < 1.29 is 19.4 Å². The number of rotatable bonds is 5. The molecule has 0 bridgehead atoms. The highest BCUT2D eigenvalue weighted by Crippen LogP contribution is 2.35. The molecule has 2 atom stereocenters. The molecule has 6 nitrogen and oxygen atoms in total. The Morgan fingerprint density at radius 2 is 1.87 bits per heavy atom. The number of likely N-dealkylation sites (tertiary alicyclic amines) is 1. The second-order valence-electron chi connectivity index (χ2n) is 9.90. The highest BCUT2D eigenvalue weighted by molar-refractivity contribution is 5.69. The van der Waals surface area contributed by atoms with Gasteiger partial charge in [0, 0.05) is 6.54 Å². The summed E-state index contributed by atoms with van der Waals surface area (Å²) in [5, 5.41) is 9.99. The van der Waals surface area contributed by atoms with Gasteiger partial charge < -0.3 is 25.2 Å². The Kier molecular flexibility index (Phi) is 7.43. The van der Waals surface area contributed by atoms with Crippen LogP contribution in [0.15, 0.2) is 30.3 Å². The fourth-order valence-electron chi connectivity index (χ4n) is 4.71. The third-order valence-electron chi connectivity index (χ3n) is 6.44. The Morgan fingerprint density at radius 1 is 1.20 bits per heavy atom. The van der Waals surface area contributed by atoms with Crippen LogP contribution in [0, 0.1) is 0 Å². The van der Waals surface area contributed by atoms with Crippen LogP contribution in [-0.2, 0) is 9.47 Å². The largest absolute Gasteiger partial charge is 0.444 e. The molecule has 0 spiro atoms. The van der Waals surface area contributed by atoms with Gasteiger partial charge in [-0.15, -0.1) is 0 Å². The molecule has 0 radical (unpaired) electrons. The van der Waals surface area contributed by atoms with Crippen LogP contribution in [0.2, 0.25) is 0 Å². The van der Waals surface area contributed by atoms with E-state index in [-0.39, 0.29) is 18.8 Å². The molecule has 3 rings (SSSR count). The standard InChI is InChI=1S/C24H38N2O4/c1-23(2,3)30-22(28)26-15-7-14-24(25,17-27)21(26)16-29-20-12-10-19(11-13-20)18-8-5-4-6-9-18/h4-6,8-9,19-21,27H,7,10-17,25H2,1-3H3/t19-,20+,21-,24+/m0/s1. The van der Waals surface area contributed by atoms with Crippen LogP contribution in [0.5, 0.6) is 0 Å². The molecular formula is C24H38N2O4. The van der Waals surface area contributed by atoms with E-state index in [4.69, 9.17) is 15.2 Å². The average Bonchev–Trinajstić information content (AvgIpc) is 2.72. The minimum atomic E-state index is -0.865. The molecule has 2 fully saturated rings. The zero-order valence-electron chi connectivity index (χ0n) is 18.7. The van der Waals surface area contributed by atoms with Crippen molar-refractivity contribution in [3.63, 3.8) is 0 Å². The minimum Gasteiger partial charge on any atom is -0.444 e. The lowest BCUT2D eigenvalue weighted by atomic mass is 9.82. The number of hydrogen-bond donors (Lipinski definition) is 2. The monoisotopic (exact) mass is 418 g/mol. The van der Waals surface area contributed by atoms with Crippen LogP contribution in [0.25, 0.3) is 0 Å². The van der Waals surface area contributed by atoms with E-state index in [2.05, 4.69) is 30.3 Å². The number of ether oxygens (including phenoxy) is 2. The topological polar surface area (TPSA) is 85.0 Å². The van der Waals surface area contributed by atoms with Gasteiger partial charge in [0.05, 0.1) is 30.9 Å². The van der Waals surface area contributed by atoms with E-state index in [9.17, 15) is 9.90 Å². The molecule has 1 aromatic rings. The highest BCUT2D eigenvalue weighted by Gasteiger charge is 2.45. The molecule has 1 aliphatic carbocycles. The molecule has 168 valence electrons. The lowest BCUT2D eigenvalue weighted by Gasteiger charge is -2.47. The van der Waals surface area contributed by atoms with Gasteiger partial charge in [-0.1, -0.05) is 30.3 Å². The third-order valence-corrected chi connectivity index (χ3v) is 6.44. The van der Waals surface area contributed by atoms with E-state index < -0.39 is 17.2 Å². The maximum absolute atomic E-state index is 12.8. The van der Waals surface area contributed by atoms with E-state index in [1.807, 2.05) is 20.8 Å². The fourth-order valence-corrected chi connectivity index (χ4v) is 4.71. The lowest BCUT2D eigenvalue weighted by Crippen LogP contribution is -2.67. The van der Waals surface area contributed by atoms with Crippen LogP contribution in [0.3, 0.4) is 0 Å². The Bertz CT molecular complexity index is 682. The minimum absolute atomic E-state index is 0.162. The van der Waals surface area contributed by atoms with Gasteiger partial charge in [-0.2, -0.15) is 0 Å². The molecule has 1 aliphatic heterocycles. The molecule has 0 aromatic heterocycles. The Balaban J connectivity index is 1.59. The number of piperidine rings is 1. The Morgan fingerprint density at radius 3 is 2.47 bits per heavy atom. The van der Waals surface area contributed by atoms with Crippen LogP contribution in [-0.4, -0.2) is 59.1 Å². The number of aliphatic hydroxyl groups excluding tert-OH is 1. The number of nitrogens with zero attached hydrogens (tertiary/aromatic N) is 1. The molecule has 30 heavy (non-hydrogen) atoms. The summed E-state index contributed by atoms with van der Waals surface area (Å²) in [7, 11) is 0. The van der Waals surface area contributed by atoms with Crippen LogP contribution in [0.1, 0.15) is 70.8 Å². The zero-order valence-corrected chi connectivity index (χ0v) is 18.7. The number of benzene rings is 1. The zero-order chi connectivity index (χ0) is 21.8. The summed E-state index contributed by atoms with van der Waals surface area (Å²) in [6.07, 6.45) is 5.38. The highest BCUT2D eigenvalue weighted by atomic mass is 16.6. The predicted molar refractivity (Wildman–Crippen MR) is 117 cm³/mol. The second kappa shape index (κ2) is 9.67. The molecular weight excluding hydrogens is 380 g/mol. The number of aliphatic hydroxyl groups is 1. The fraction of sp³-hybridized carbons (Fsp3) is 0.708. The van der Waals surface area contributed by atoms with Crippen LogP contribution < -0.4 is 5.73 Å². The van der Waals surface area contributed by atoms with Gasteiger partial charge >= 0.3 is 6.09 Å². The predicted octanol–water partition coefficient (Wildman–Crippen LogP) is 3.82. The average molecular weight is 419 g/mol. The summed E-state index contributed by atoms with van der Waals surface area (Å²) < 4.78 is 11.9. The van der Waals surface area contributed by atoms with E-state index in [1.165, 1.54) is 5.56 Å². The van der Waals surface area contributed by atoms with Crippen LogP contribution >= 0.6 is 0 Å². The molecule has 2 aliphatic rings. The number of carbonyl (C=O) groups is 1. The van der Waals surface area contributed by atoms with Gasteiger partial charge in [0.2, 0.25) is 0 Å². The number of hydrogen-bond acceptors (Lipinski definition) is 5. The van der Waals surface area contributed by atoms with Gasteiger partial charge in [-0.25, -0.2) is 4.79 Å². The Hall–Kier alpha value is -1.63. The van der Waals surface area contributed by atoms with Crippen molar-refractivity contribution in [1.29, 1.82) is 0 Å². The first-order valence-electron chi connectivity index (χ1n) is 11.3. The quantitative estimate of drug-likeness (QED) is 0.759. The van der Waals surface area contributed by atoms with E-state index >= 15 is 0 Å².